The molecule has 0 aromatic heterocycles. The number of aliphatic hydroxyl groups is 1. The molecule has 2 fully saturated rings. The normalized spacial score (nSPS) is 28.8. The molecule has 2 aliphatic heterocycles. The van der Waals surface area contributed by atoms with Crippen LogP contribution in [0.5, 0.6) is 0 Å². The lowest BCUT2D eigenvalue weighted by Crippen LogP contribution is -2.56. The summed E-state index contributed by atoms with van der Waals surface area (Å²) in [5, 5.41) is 10.1. The molecule has 2 aliphatic rings. The number of ether oxygens (including phenoxy) is 1. The predicted octanol–water partition coefficient (Wildman–Crippen LogP) is 0.0564. The van der Waals surface area contributed by atoms with Crippen molar-refractivity contribution in [2.45, 2.75) is 32.4 Å². The van der Waals surface area contributed by atoms with E-state index in [1.807, 2.05) is 13.8 Å². The number of carbonyl (C=O) groups excluding carboxylic acids is 2. The van der Waals surface area contributed by atoms with Gasteiger partial charge in [-0.3, -0.25) is 9.69 Å². The Labute approximate surface area is 106 Å². The van der Waals surface area contributed by atoms with E-state index >= 15 is 0 Å². The Bertz CT molecular complexity index is 345. The molecule has 6 heteroatoms. The molecule has 0 spiro atoms. The largest absolute Gasteiger partial charge is 0.448 e. The fourth-order valence-electron chi connectivity index (χ4n) is 2.55. The molecule has 2 amide bonds. The zero-order valence-electron chi connectivity index (χ0n) is 10.8. The molecule has 6 nitrogen and oxygen atoms in total. The first-order valence-corrected chi connectivity index (χ1v) is 6.41. The van der Waals surface area contributed by atoms with E-state index in [1.54, 1.807) is 9.80 Å². The molecule has 2 heterocycles. The van der Waals surface area contributed by atoms with Gasteiger partial charge < -0.3 is 14.7 Å². The van der Waals surface area contributed by atoms with Crippen molar-refractivity contribution < 1.29 is 19.4 Å². The van der Waals surface area contributed by atoms with Crippen molar-refractivity contribution in [1.29, 1.82) is 0 Å². The summed E-state index contributed by atoms with van der Waals surface area (Å²) in [7, 11) is 0. The zero-order chi connectivity index (χ0) is 13.3. The SMILES string of the molecule is CC(C)C(=O)N1CCC(N2CCOC2=O)C(O)C1. The Morgan fingerprint density at radius 3 is 2.67 bits per heavy atom. The number of aliphatic hydroxyl groups excluding tert-OH is 1. The van der Waals surface area contributed by atoms with Crippen LogP contribution in [0, 0.1) is 5.92 Å². The fourth-order valence-corrected chi connectivity index (χ4v) is 2.55. The summed E-state index contributed by atoms with van der Waals surface area (Å²) in [6.07, 6.45) is -0.441. The van der Waals surface area contributed by atoms with Gasteiger partial charge in [-0.25, -0.2) is 4.79 Å². The molecule has 0 aliphatic carbocycles. The maximum Gasteiger partial charge on any atom is 0.410 e. The second-order valence-corrected chi connectivity index (χ2v) is 5.17. The van der Waals surface area contributed by atoms with Gasteiger partial charge >= 0.3 is 6.09 Å². The highest BCUT2D eigenvalue weighted by Gasteiger charge is 2.38. The standard InChI is InChI=1S/C12H20N2O4/c1-8(2)11(16)13-4-3-9(10(15)7-13)14-5-6-18-12(14)17/h8-10,15H,3-7H2,1-2H3. The van der Waals surface area contributed by atoms with Crippen molar-refractivity contribution in [3.63, 3.8) is 0 Å². The molecular formula is C12H20N2O4. The molecule has 2 unspecified atom stereocenters. The topological polar surface area (TPSA) is 70.1 Å². The van der Waals surface area contributed by atoms with Crippen LogP contribution in [0.1, 0.15) is 20.3 Å². The Morgan fingerprint density at radius 1 is 1.44 bits per heavy atom. The molecule has 0 bridgehead atoms. The van der Waals surface area contributed by atoms with E-state index in [9.17, 15) is 14.7 Å². The summed E-state index contributed by atoms with van der Waals surface area (Å²) in [5.74, 6) is -0.0120. The zero-order valence-corrected chi connectivity index (χ0v) is 10.8. The maximum atomic E-state index is 11.8. The van der Waals surface area contributed by atoms with Crippen molar-refractivity contribution >= 4 is 12.0 Å². The lowest BCUT2D eigenvalue weighted by molar-refractivity contribution is -0.139. The van der Waals surface area contributed by atoms with Crippen molar-refractivity contribution in [1.82, 2.24) is 9.80 Å². The highest BCUT2D eigenvalue weighted by Crippen LogP contribution is 2.21. The third-order valence-corrected chi connectivity index (χ3v) is 3.54. The van der Waals surface area contributed by atoms with Crippen LogP contribution in [0.25, 0.3) is 0 Å². The smallest absolute Gasteiger partial charge is 0.410 e. The lowest BCUT2D eigenvalue weighted by atomic mass is 9.99. The van der Waals surface area contributed by atoms with Crippen LogP contribution >= 0.6 is 0 Å². The number of piperidine rings is 1. The molecule has 0 aromatic rings. The molecule has 1 N–H and O–H groups in total. The minimum Gasteiger partial charge on any atom is -0.448 e. The minimum atomic E-state index is -0.688. The molecule has 2 rings (SSSR count). The van der Waals surface area contributed by atoms with Crippen LogP contribution in [0.3, 0.4) is 0 Å². The van der Waals surface area contributed by atoms with Gasteiger partial charge in [0.25, 0.3) is 0 Å². The number of rotatable bonds is 2. The van der Waals surface area contributed by atoms with E-state index < -0.39 is 6.10 Å². The van der Waals surface area contributed by atoms with Gasteiger partial charge in [0.15, 0.2) is 0 Å². The van der Waals surface area contributed by atoms with Crippen molar-refractivity contribution in [2.24, 2.45) is 5.92 Å². The Kier molecular flexibility index (Phi) is 3.75. The first-order valence-electron chi connectivity index (χ1n) is 6.41. The number of hydrogen-bond donors (Lipinski definition) is 1. The fraction of sp³-hybridized carbons (Fsp3) is 0.833. The van der Waals surface area contributed by atoms with Gasteiger partial charge in [-0.1, -0.05) is 13.8 Å². The number of hydrogen-bond acceptors (Lipinski definition) is 4. The van der Waals surface area contributed by atoms with Crippen molar-refractivity contribution in [2.75, 3.05) is 26.2 Å². The summed E-state index contributed by atoms with van der Waals surface area (Å²) in [4.78, 5) is 26.5. The highest BCUT2D eigenvalue weighted by atomic mass is 16.6. The van der Waals surface area contributed by atoms with Crippen molar-refractivity contribution in [3.8, 4) is 0 Å². The van der Waals surface area contributed by atoms with Crippen LogP contribution in [0.2, 0.25) is 0 Å². The summed E-state index contributed by atoms with van der Waals surface area (Å²) in [6.45, 7) is 5.49. The van der Waals surface area contributed by atoms with Gasteiger partial charge in [-0.15, -0.1) is 0 Å². The molecule has 0 saturated carbocycles. The van der Waals surface area contributed by atoms with Crippen LogP contribution in [-0.2, 0) is 9.53 Å². The van der Waals surface area contributed by atoms with Crippen LogP contribution in [0.4, 0.5) is 4.79 Å². The number of amides is 2. The first-order chi connectivity index (χ1) is 8.50. The third-order valence-electron chi connectivity index (χ3n) is 3.54. The number of likely N-dealkylation sites (tertiary alicyclic amines) is 1. The van der Waals surface area contributed by atoms with E-state index in [-0.39, 0.29) is 24.0 Å². The van der Waals surface area contributed by atoms with Crippen LogP contribution < -0.4 is 0 Å². The number of cyclic esters (lactones) is 1. The second kappa shape index (κ2) is 5.14. The maximum absolute atomic E-state index is 11.8. The molecule has 102 valence electrons. The van der Waals surface area contributed by atoms with E-state index in [2.05, 4.69) is 0 Å². The number of nitrogens with zero attached hydrogens (tertiary/aromatic N) is 2. The Morgan fingerprint density at radius 2 is 2.17 bits per heavy atom. The number of β-amino-alcohol motifs (C(OH)–C–C–N with tert-alkyl or cyclic N) is 1. The number of carbonyl (C=O) groups is 2. The minimum absolute atomic E-state index is 0.0523. The van der Waals surface area contributed by atoms with Gasteiger partial charge in [0.1, 0.15) is 6.61 Å². The first kappa shape index (κ1) is 13.1. The Balaban J connectivity index is 1.96. The highest BCUT2D eigenvalue weighted by molar-refractivity contribution is 5.78. The lowest BCUT2D eigenvalue weighted by Gasteiger charge is -2.39. The molecule has 0 aromatic carbocycles. The monoisotopic (exact) mass is 256 g/mol. The van der Waals surface area contributed by atoms with Crippen LogP contribution in [0.15, 0.2) is 0 Å². The predicted molar refractivity (Wildman–Crippen MR) is 63.9 cm³/mol. The summed E-state index contributed by atoms with van der Waals surface area (Å²) in [5.41, 5.74) is 0. The third kappa shape index (κ3) is 2.43. The summed E-state index contributed by atoms with van der Waals surface area (Å²) >= 11 is 0. The van der Waals surface area contributed by atoms with E-state index in [0.717, 1.165) is 0 Å². The molecular weight excluding hydrogens is 236 g/mol. The quantitative estimate of drug-likeness (QED) is 0.758. The van der Waals surface area contributed by atoms with Gasteiger partial charge in [0.2, 0.25) is 5.91 Å². The van der Waals surface area contributed by atoms with E-state index in [4.69, 9.17) is 4.74 Å². The molecule has 18 heavy (non-hydrogen) atoms. The average molecular weight is 256 g/mol. The van der Waals surface area contributed by atoms with Gasteiger partial charge in [-0.2, -0.15) is 0 Å². The summed E-state index contributed by atoms with van der Waals surface area (Å²) in [6, 6.07) is -0.226. The molecule has 0 radical (unpaired) electrons. The van der Waals surface area contributed by atoms with E-state index in [1.165, 1.54) is 0 Å². The van der Waals surface area contributed by atoms with Gasteiger partial charge in [0, 0.05) is 19.0 Å². The van der Waals surface area contributed by atoms with Crippen LogP contribution in [-0.4, -0.2) is 65.3 Å². The van der Waals surface area contributed by atoms with Gasteiger partial charge in [-0.05, 0) is 6.42 Å². The van der Waals surface area contributed by atoms with E-state index in [0.29, 0.717) is 32.7 Å². The average Bonchev–Trinajstić information content (AvgIpc) is 2.74. The molecule has 2 atom stereocenters. The second-order valence-electron chi connectivity index (χ2n) is 5.17. The molecule has 2 saturated heterocycles. The summed E-state index contributed by atoms with van der Waals surface area (Å²) < 4.78 is 4.87. The Hall–Kier alpha value is -1.30. The van der Waals surface area contributed by atoms with Gasteiger partial charge in [0.05, 0.1) is 18.7 Å². The van der Waals surface area contributed by atoms with Crippen molar-refractivity contribution in [3.05, 3.63) is 0 Å².